The molecule has 5 nitrogen and oxygen atoms in total. The Bertz CT molecular complexity index is 1260. The first-order chi connectivity index (χ1) is 14.6. The Morgan fingerprint density at radius 3 is 2.48 bits per heavy atom. The lowest BCUT2D eigenvalue weighted by Crippen LogP contribution is -2.39. The molecule has 1 aliphatic rings. The maximum Gasteiger partial charge on any atom is 0.435 e. The van der Waals surface area contributed by atoms with Crippen LogP contribution in [0.25, 0.3) is 5.69 Å². The van der Waals surface area contributed by atoms with Crippen LogP contribution in [0.1, 0.15) is 27.3 Å². The van der Waals surface area contributed by atoms with Gasteiger partial charge < -0.3 is 4.90 Å². The number of anilines is 1. The quantitative estimate of drug-likeness (QED) is 0.468. The van der Waals surface area contributed by atoms with E-state index >= 15 is 0 Å². The minimum absolute atomic E-state index is 0.100. The van der Waals surface area contributed by atoms with E-state index < -0.39 is 40.7 Å². The van der Waals surface area contributed by atoms with E-state index in [2.05, 4.69) is 21.0 Å². The third kappa shape index (κ3) is 3.57. The monoisotopic (exact) mass is 496 g/mol. The molecule has 11 heteroatoms. The van der Waals surface area contributed by atoms with Crippen molar-refractivity contribution in [1.82, 2.24) is 9.78 Å². The summed E-state index contributed by atoms with van der Waals surface area (Å²) in [7, 11) is 0. The van der Waals surface area contributed by atoms with Gasteiger partial charge in [-0.2, -0.15) is 23.5 Å². The van der Waals surface area contributed by atoms with Crippen LogP contribution in [-0.2, 0) is 12.6 Å². The van der Waals surface area contributed by atoms with Crippen LogP contribution in [0.2, 0.25) is 0 Å². The third-order valence-electron chi connectivity index (χ3n) is 4.80. The number of carbonyl (C=O) groups is 1. The fraction of sp³-hybridized carbons (Fsp3) is 0.150. The van der Waals surface area contributed by atoms with Crippen LogP contribution in [0.15, 0.2) is 40.9 Å². The SMILES string of the molecule is N#Cc1cc(-n2nc(C(F)(F)F)c3c2C(=O)N(c2ccc(Br)cc2F)CC3)ccc1F. The van der Waals surface area contributed by atoms with Gasteiger partial charge in [-0.1, -0.05) is 15.9 Å². The molecule has 2 heterocycles. The molecular weight excluding hydrogens is 487 g/mol. The molecular formula is C20H10BrF5N4O. The number of nitriles is 1. The predicted octanol–water partition coefficient (Wildman–Crippen LogP) is 5.01. The summed E-state index contributed by atoms with van der Waals surface area (Å²) in [6, 6.07) is 8.56. The molecule has 4 rings (SSSR count). The fourth-order valence-corrected chi connectivity index (χ4v) is 3.77. The number of halogens is 6. The topological polar surface area (TPSA) is 61.9 Å². The van der Waals surface area contributed by atoms with Gasteiger partial charge in [-0.25, -0.2) is 13.5 Å². The maximum absolute atomic E-state index is 14.4. The lowest BCUT2D eigenvalue weighted by atomic mass is 10.0. The van der Waals surface area contributed by atoms with E-state index in [1.807, 2.05) is 0 Å². The molecule has 1 amide bonds. The highest BCUT2D eigenvalue weighted by atomic mass is 79.9. The van der Waals surface area contributed by atoms with Crippen LogP contribution in [0.5, 0.6) is 0 Å². The minimum atomic E-state index is -4.85. The van der Waals surface area contributed by atoms with Crippen molar-refractivity contribution in [2.75, 3.05) is 11.4 Å². The number of hydrogen-bond donors (Lipinski definition) is 0. The highest BCUT2D eigenvalue weighted by Gasteiger charge is 2.43. The van der Waals surface area contributed by atoms with Crippen molar-refractivity contribution >= 4 is 27.5 Å². The first-order valence-electron chi connectivity index (χ1n) is 8.78. The Labute approximate surface area is 180 Å². The molecule has 1 aliphatic heterocycles. The molecule has 0 radical (unpaired) electrons. The Hall–Kier alpha value is -3.26. The normalized spacial score (nSPS) is 13.8. The summed E-state index contributed by atoms with van der Waals surface area (Å²) in [6.45, 7) is -0.188. The molecule has 31 heavy (non-hydrogen) atoms. The van der Waals surface area contributed by atoms with Gasteiger partial charge in [0.2, 0.25) is 0 Å². The zero-order valence-electron chi connectivity index (χ0n) is 15.3. The smallest absolute Gasteiger partial charge is 0.304 e. The minimum Gasteiger partial charge on any atom is -0.304 e. The summed E-state index contributed by atoms with van der Waals surface area (Å²) in [5.74, 6) is -2.50. The number of amides is 1. The van der Waals surface area contributed by atoms with Gasteiger partial charge in [-0.05, 0) is 42.8 Å². The number of rotatable bonds is 2. The summed E-state index contributed by atoms with van der Waals surface area (Å²) in [5, 5.41) is 12.6. The number of nitrogens with zero attached hydrogens (tertiary/aromatic N) is 4. The Balaban J connectivity index is 1.91. The van der Waals surface area contributed by atoms with Crippen LogP contribution in [0.4, 0.5) is 27.6 Å². The van der Waals surface area contributed by atoms with Crippen molar-refractivity contribution in [3.05, 3.63) is 75.0 Å². The summed E-state index contributed by atoms with van der Waals surface area (Å²) in [6.07, 6.45) is -5.07. The number of benzene rings is 2. The van der Waals surface area contributed by atoms with Crippen LogP contribution >= 0.6 is 15.9 Å². The van der Waals surface area contributed by atoms with E-state index in [9.17, 15) is 26.7 Å². The van der Waals surface area contributed by atoms with Crippen molar-refractivity contribution in [3.63, 3.8) is 0 Å². The first-order valence-corrected chi connectivity index (χ1v) is 9.57. The Morgan fingerprint density at radius 2 is 1.84 bits per heavy atom. The lowest BCUT2D eigenvalue weighted by molar-refractivity contribution is -0.141. The van der Waals surface area contributed by atoms with Gasteiger partial charge in [-0.3, -0.25) is 4.79 Å². The molecule has 0 bridgehead atoms. The Kier molecular flexibility index (Phi) is 5.05. The second-order valence-corrected chi connectivity index (χ2v) is 7.58. The molecule has 0 spiro atoms. The second kappa shape index (κ2) is 7.46. The summed E-state index contributed by atoms with van der Waals surface area (Å²) in [4.78, 5) is 14.2. The average Bonchev–Trinajstić information content (AvgIpc) is 3.10. The Morgan fingerprint density at radius 1 is 1.10 bits per heavy atom. The van der Waals surface area contributed by atoms with Gasteiger partial charge in [-0.15, -0.1) is 0 Å². The molecule has 0 unspecified atom stereocenters. The number of alkyl halides is 3. The van der Waals surface area contributed by atoms with E-state index in [4.69, 9.17) is 5.26 Å². The summed E-state index contributed by atoms with van der Waals surface area (Å²) >= 11 is 3.11. The van der Waals surface area contributed by atoms with Gasteiger partial charge >= 0.3 is 6.18 Å². The number of carbonyl (C=O) groups excluding carboxylic acids is 1. The summed E-state index contributed by atoms with van der Waals surface area (Å²) in [5.41, 5.74) is -2.64. The van der Waals surface area contributed by atoms with Crippen molar-refractivity contribution in [3.8, 4) is 11.8 Å². The van der Waals surface area contributed by atoms with Gasteiger partial charge in [0.1, 0.15) is 23.4 Å². The molecule has 0 saturated carbocycles. The number of fused-ring (bicyclic) bond motifs is 1. The molecule has 0 aliphatic carbocycles. The molecule has 1 aromatic heterocycles. The van der Waals surface area contributed by atoms with Crippen LogP contribution < -0.4 is 4.90 Å². The summed E-state index contributed by atoms with van der Waals surface area (Å²) < 4.78 is 70.1. The largest absolute Gasteiger partial charge is 0.435 e. The van der Waals surface area contributed by atoms with Crippen LogP contribution in [0.3, 0.4) is 0 Å². The molecule has 0 saturated heterocycles. The van der Waals surface area contributed by atoms with Crippen molar-refractivity contribution in [2.45, 2.75) is 12.6 Å². The third-order valence-corrected chi connectivity index (χ3v) is 5.29. The predicted molar refractivity (Wildman–Crippen MR) is 103 cm³/mol. The van der Waals surface area contributed by atoms with E-state index in [-0.39, 0.29) is 29.9 Å². The average molecular weight is 497 g/mol. The standard InChI is InChI=1S/C20H10BrF5N4O/c21-11-1-4-16(15(23)8-11)29-6-5-13-17(19(29)31)30(28-18(13)20(24,25)26)12-2-3-14(22)10(7-12)9-27/h1-4,7-8H,5-6H2. The van der Waals surface area contributed by atoms with E-state index in [0.717, 1.165) is 33.8 Å². The highest BCUT2D eigenvalue weighted by molar-refractivity contribution is 9.10. The van der Waals surface area contributed by atoms with Crippen molar-refractivity contribution in [1.29, 1.82) is 5.26 Å². The zero-order chi connectivity index (χ0) is 22.5. The molecule has 2 aromatic carbocycles. The number of aromatic nitrogens is 2. The molecule has 3 aromatic rings. The molecule has 158 valence electrons. The van der Waals surface area contributed by atoms with Gasteiger partial charge in [0.05, 0.1) is 16.9 Å². The van der Waals surface area contributed by atoms with Crippen molar-refractivity contribution < 1.29 is 26.7 Å². The van der Waals surface area contributed by atoms with E-state index in [0.29, 0.717) is 4.47 Å². The second-order valence-electron chi connectivity index (χ2n) is 6.66. The zero-order valence-corrected chi connectivity index (χ0v) is 16.9. The highest BCUT2D eigenvalue weighted by Crippen LogP contribution is 2.37. The maximum atomic E-state index is 14.4. The van der Waals surface area contributed by atoms with Gasteiger partial charge in [0.15, 0.2) is 5.69 Å². The number of hydrogen-bond acceptors (Lipinski definition) is 3. The lowest BCUT2D eigenvalue weighted by Gasteiger charge is -2.28. The fourth-order valence-electron chi connectivity index (χ4n) is 3.44. The van der Waals surface area contributed by atoms with Gasteiger partial charge in [0, 0.05) is 16.6 Å². The van der Waals surface area contributed by atoms with Crippen molar-refractivity contribution in [2.24, 2.45) is 0 Å². The molecule has 0 N–H and O–H groups in total. The van der Waals surface area contributed by atoms with E-state index in [1.54, 1.807) is 6.07 Å². The first kappa shape index (κ1) is 21.0. The van der Waals surface area contributed by atoms with Crippen LogP contribution in [-0.4, -0.2) is 22.2 Å². The van der Waals surface area contributed by atoms with Gasteiger partial charge in [0.25, 0.3) is 5.91 Å². The van der Waals surface area contributed by atoms with E-state index in [1.165, 1.54) is 12.1 Å². The van der Waals surface area contributed by atoms with Crippen LogP contribution in [0, 0.1) is 23.0 Å². The molecule has 0 atom stereocenters. The molecule has 0 fully saturated rings.